The molecular formula is C8H17N. The molecule has 1 heteroatoms. The molecule has 0 aromatic rings. The summed E-state index contributed by atoms with van der Waals surface area (Å²) in [6.45, 7) is 2.09. The van der Waals surface area contributed by atoms with Gasteiger partial charge in [0.15, 0.2) is 0 Å². The summed E-state index contributed by atoms with van der Waals surface area (Å²) in [5, 5.41) is 0. The maximum absolute atomic E-state index is 5.60. The van der Waals surface area contributed by atoms with Crippen LogP contribution in [0.15, 0.2) is 0 Å². The van der Waals surface area contributed by atoms with E-state index < -0.39 is 0 Å². The highest BCUT2D eigenvalue weighted by molar-refractivity contribution is 4.73. The van der Waals surface area contributed by atoms with Crippen LogP contribution in [0.2, 0.25) is 0 Å². The minimum atomic E-state index is 0.420. The fourth-order valence-electron chi connectivity index (χ4n) is 1.14. The zero-order valence-electron chi connectivity index (χ0n) is 6.27. The van der Waals surface area contributed by atoms with Crippen LogP contribution in [0.4, 0.5) is 0 Å². The summed E-state index contributed by atoms with van der Waals surface area (Å²) >= 11 is 0. The van der Waals surface area contributed by atoms with Gasteiger partial charge in [0, 0.05) is 6.04 Å². The first-order chi connectivity index (χ1) is 4.29. The molecule has 0 bridgehead atoms. The highest BCUT2D eigenvalue weighted by Crippen LogP contribution is 2.33. The van der Waals surface area contributed by atoms with Gasteiger partial charge in [0.25, 0.3) is 0 Å². The van der Waals surface area contributed by atoms with Crippen LogP contribution in [0.3, 0.4) is 0 Å². The van der Waals surface area contributed by atoms with Crippen molar-refractivity contribution in [3.63, 3.8) is 0 Å². The molecule has 1 rings (SSSR count). The summed E-state index contributed by atoms with van der Waals surface area (Å²) in [7, 11) is 0. The standard InChI is InChI=1S/C8H17N/c1-7(9)3-2-4-8-5-6-8/h7-8H,2-6,9H2,1H3. The van der Waals surface area contributed by atoms with Crippen LogP contribution in [0.5, 0.6) is 0 Å². The summed E-state index contributed by atoms with van der Waals surface area (Å²) < 4.78 is 0. The molecule has 0 aliphatic heterocycles. The highest BCUT2D eigenvalue weighted by Gasteiger charge is 2.19. The number of rotatable bonds is 4. The number of nitrogens with two attached hydrogens (primary N) is 1. The predicted octanol–water partition coefficient (Wildman–Crippen LogP) is 1.91. The van der Waals surface area contributed by atoms with E-state index in [1.54, 1.807) is 0 Å². The molecule has 0 spiro atoms. The SMILES string of the molecule is CC(N)CCCC1CC1. The molecule has 1 aliphatic carbocycles. The summed E-state index contributed by atoms with van der Waals surface area (Å²) in [4.78, 5) is 0. The Morgan fingerprint density at radius 1 is 1.56 bits per heavy atom. The van der Waals surface area contributed by atoms with E-state index in [0.29, 0.717) is 6.04 Å². The summed E-state index contributed by atoms with van der Waals surface area (Å²) in [6.07, 6.45) is 6.97. The second-order valence-electron chi connectivity index (χ2n) is 3.35. The van der Waals surface area contributed by atoms with Gasteiger partial charge < -0.3 is 5.73 Å². The molecule has 54 valence electrons. The average molecular weight is 127 g/mol. The van der Waals surface area contributed by atoms with Crippen LogP contribution in [-0.2, 0) is 0 Å². The van der Waals surface area contributed by atoms with Crippen LogP contribution < -0.4 is 5.73 Å². The predicted molar refractivity (Wildman–Crippen MR) is 40.2 cm³/mol. The normalized spacial score (nSPS) is 22.0. The largest absolute Gasteiger partial charge is 0.328 e. The Morgan fingerprint density at radius 3 is 2.67 bits per heavy atom. The lowest BCUT2D eigenvalue weighted by Gasteiger charge is -2.01. The van der Waals surface area contributed by atoms with Crippen molar-refractivity contribution in [3.8, 4) is 0 Å². The van der Waals surface area contributed by atoms with Gasteiger partial charge in [0.2, 0.25) is 0 Å². The molecule has 1 aliphatic rings. The van der Waals surface area contributed by atoms with E-state index in [1.807, 2.05) is 0 Å². The lowest BCUT2D eigenvalue weighted by atomic mass is 10.1. The van der Waals surface area contributed by atoms with Gasteiger partial charge in [0.05, 0.1) is 0 Å². The molecule has 9 heavy (non-hydrogen) atoms. The monoisotopic (exact) mass is 127 g/mol. The Balaban J connectivity index is 1.81. The third kappa shape index (κ3) is 3.52. The van der Waals surface area contributed by atoms with Crippen molar-refractivity contribution >= 4 is 0 Å². The minimum Gasteiger partial charge on any atom is -0.328 e. The van der Waals surface area contributed by atoms with Gasteiger partial charge in [-0.15, -0.1) is 0 Å². The number of hydrogen-bond acceptors (Lipinski definition) is 1. The van der Waals surface area contributed by atoms with E-state index in [9.17, 15) is 0 Å². The third-order valence-electron chi connectivity index (χ3n) is 1.97. The molecule has 0 saturated heterocycles. The highest BCUT2D eigenvalue weighted by atomic mass is 14.6. The molecule has 0 radical (unpaired) electrons. The minimum absolute atomic E-state index is 0.420. The van der Waals surface area contributed by atoms with E-state index in [-0.39, 0.29) is 0 Å². The molecule has 1 nitrogen and oxygen atoms in total. The first-order valence-electron chi connectivity index (χ1n) is 4.04. The van der Waals surface area contributed by atoms with Crippen molar-refractivity contribution < 1.29 is 0 Å². The fraction of sp³-hybridized carbons (Fsp3) is 1.00. The summed E-state index contributed by atoms with van der Waals surface area (Å²) in [6, 6.07) is 0.420. The van der Waals surface area contributed by atoms with Crippen LogP contribution in [0.1, 0.15) is 39.0 Å². The van der Waals surface area contributed by atoms with Crippen molar-refractivity contribution in [1.82, 2.24) is 0 Å². The fourth-order valence-corrected chi connectivity index (χ4v) is 1.14. The van der Waals surface area contributed by atoms with Crippen molar-refractivity contribution in [2.24, 2.45) is 11.7 Å². The molecule has 2 N–H and O–H groups in total. The third-order valence-corrected chi connectivity index (χ3v) is 1.97. The zero-order chi connectivity index (χ0) is 6.69. The maximum Gasteiger partial charge on any atom is 0.00104 e. The van der Waals surface area contributed by atoms with Gasteiger partial charge in [0.1, 0.15) is 0 Å². The van der Waals surface area contributed by atoms with Gasteiger partial charge in [-0.05, 0) is 19.3 Å². The van der Waals surface area contributed by atoms with E-state index in [4.69, 9.17) is 5.73 Å². The van der Waals surface area contributed by atoms with Crippen molar-refractivity contribution in [2.45, 2.75) is 45.1 Å². The molecule has 1 saturated carbocycles. The Hall–Kier alpha value is -0.0400. The van der Waals surface area contributed by atoms with E-state index in [1.165, 1.54) is 32.1 Å². The van der Waals surface area contributed by atoms with Crippen molar-refractivity contribution in [2.75, 3.05) is 0 Å². The first kappa shape index (κ1) is 7.07. The van der Waals surface area contributed by atoms with Crippen molar-refractivity contribution in [3.05, 3.63) is 0 Å². The average Bonchev–Trinajstić information content (AvgIpc) is 2.48. The second-order valence-corrected chi connectivity index (χ2v) is 3.35. The summed E-state index contributed by atoms with van der Waals surface area (Å²) in [5.74, 6) is 1.09. The van der Waals surface area contributed by atoms with Gasteiger partial charge in [-0.3, -0.25) is 0 Å². The van der Waals surface area contributed by atoms with E-state index in [0.717, 1.165) is 5.92 Å². The molecule has 1 atom stereocenters. The Kier molecular flexibility index (Phi) is 2.52. The number of hydrogen-bond donors (Lipinski definition) is 1. The summed E-state index contributed by atoms with van der Waals surface area (Å²) in [5.41, 5.74) is 5.60. The topological polar surface area (TPSA) is 26.0 Å². The lowest BCUT2D eigenvalue weighted by molar-refractivity contribution is 0.570. The van der Waals surface area contributed by atoms with Crippen LogP contribution in [0, 0.1) is 5.92 Å². The van der Waals surface area contributed by atoms with Gasteiger partial charge in [-0.2, -0.15) is 0 Å². The molecular weight excluding hydrogens is 110 g/mol. The lowest BCUT2D eigenvalue weighted by Crippen LogP contribution is -2.13. The maximum atomic E-state index is 5.60. The molecule has 0 heterocycles. The van der Waals surface area contributed by atoms with Crippen LogP contribution in [0.25, 0.3) is 0 Å². The zero-order valence-corrected chi connectivity index (χ0v) is 6.27. The Labute approximate surface area is 57.6 Å². The van der Waals surface area contributed by atoms with Gasteiger partial charge in [-0.25, -0.2) is 0 Å². The first-order valence-corrected chi connectivity index (χ1v) is 4.04. The van der Waals surface area contributed by atoms with Crippen molar-refractivity contribution in [1.29, 1.82) is 0 Å². The Bertz CT molecular complexity index is 72.6. The molecule has 1 fully saturated rings. The van der Waals surface area contributed by atoms with E-state index >= 15 is 0 Å². The van der Waals surface area contributed by atoms with Gasteiger partial charge in [-0.1, -0.05) is 25.7 Å². The molecule has 0 aromatic heterocycles. The molecule has 0 amide bonds. The molecule has 1 unspecified atom stereocenters. The second kappa shape index (κ2) is 3.21. The Morgan fingerprint density at radius 2 is 2.22 bits per heavy atom. The van der Waals surface area contributed by atoms with Crippen LogP contribution in [-0.4, -0.2) is 6.04 Å². The van der Waals surface area contributed by atoms with Gasteiger partial charge >= 0.3 is 0 Å². The molecule has 0 aromatic carbocycles. The van der Waals surface area contributed by atoms with Crippen LogP contribution >= 0.6 is 0 Å². The van der Waals surface area contributed by atoms with E-state index in [2.05, 4.69) is 6.92 Å². The quantitative estimate of drug-likeness (QED) is 0.613. The smallest absolute Gasteiger partial charge is 0.00104 e.